The van der Waals surface area contributed by atoms with E-state index < -0.39 is 11.7 Å². The molecule has 4 nitrogen and oxygen atoms in total. The number of hydrogen-bond acceptors (Lipinski definition) is 2. The van der Waals surface area contributed by atoms with Gasteiger partial charge >= 0.3 is 6.36 Å². The van der Waals surface area contributed by atoms with Gasteiger partial charge in [0.25, 0.3) is 0 Å². The Balaban J connectivity index is 2.76. The summed E-state index contributed by atoms with van der Waals surface area (Å²) >= 11 is 5.82. The first-order chi connectivity index (χ1) is 8.81. The van der Waals surface area contributed by atoms with Crippen molar-refractivity contribution in [2.45, 2.75) is 18.7 Å². The van der Waals surface area contributed by atoms with E-state index in [9.17, 15) is 13.2 Å². The molecular weight excluding hydrogens is 283 g/mol. The molecule has 0 radical (unpaired) electrons. The molecule has 1 unspecified atom stereocenters. The Bertz CT molecular complexity index is 457. The number of halogens is 4. The van der Waals surface area contributed by atoms with Crippen LogP contribution < -0.4 is 10.1 Å². The third-order valence-corrected chi connectivity index (χ3v) is 2.15. The molecule has 0 bridgehead atoms. The molecule has 0 saturated carbocycles. The number of amidine groups is 1. The van der Waals surface area contributed by atoms with Crippen LogP contribution in [-0.4, -0.2) is 23.9 Å². The molecule has 8 heteroatoms. The molecule has 0 saturated heterocycles. The maximum Gasteiger partial charge on any atom is 0.573 e. The topological polar surface area (TPSA) is 57.5 Å². The number of ether oxygens (including phenoxy) is 1. The van der Waals surface area contributed by atoms with Gasteiger partial charge in [0, 0.05) is 5.69 Å². The highest BCUT2D eigenvalue weighted by Crippen LogP contribution is 2.24. The molecular formula is C11H11ClF3N3O. The SMILES string of the molecule is CC(Cl)/C(=N/C=N)Nc1ccc(OC(F)(F)F)cc1. The van der Waals surface area contributed by atoms with Gasteiger partial charge in [0.2, 0.25) is 0 Å². The Morgan fingerprint density at radius 1 is 1.42 bits per heavy atom. The number of rotatable bonds is 4. The number of aliphatic imine (C=N–C) groups is 1. The molecule has 0 aromatic heterocycles. The second-order valence-electron chi connectivity index (χ2n) is 3.46. The molecule has 1 atom stereocenters. The Hall–Kier alpha value is -1.76. The molecule has 0 spiro atoms. The van der Waals surface area contributed by atoms with Gasteiger partial charge in [-0.1, -0.05) is 0 Å². The van der Waals surface area contributed by atoms with Crippen molar-refractivity contribution < 1.29 is 17.9 Å². The van der Waals surface area contributed by atoms with Crippen molar-refractivity contribution in [2.75, 3.05) is 5.32 Å². The zero-order valence-corrected chi connectivity index (χ0v) is 10.6. The number of benzene rings is 1. The molecule has 1 aromatic rings. The van der Waals surface area contributed by atoms with E-state index in [1.165, 1.54) is 12.1 Å². The van der Waals surface area contributed by atoms with Gasteiger partial charge in [-0.25, -0.2) is 4.99 Å². The zero-order chi connectivity index (χ0) is 14.5. The lowest BCUT2D eigenvalue weighted by molar-refractivity contribution is -0.274. The minimum Gasteiger partial charge on any atom is -0.406 e. The van der Waals surface area contributed by atoms with Crippen molar-refractivity contribution in [1.82, 2.24) is 0 Å². The molecule has 0 heterocycles. The van der Waals surface area contributed by atoms with Gasteiger partial charge in [-0.05, 0) is 31.2 Å². The summed E-state index contributed by atoms with van der Waals surface area (Å²) in [6.45, 7) is 1.65. The van der Waals surface area contributed by atoms with E-state index in [0.717, 1.165) is 18.5 Å². The van der Waals surface area contributed by atoms with Gasteiger partial charge < -0.3 is 10.1 Å². The van der Waals surface area contributed by atoms with Gasteiger partial charge in [-0.3, -0.25) is 5.41 Å². The Labute approximate surface area is 112 Å². The standard InChI is InChI=1S/C11H11ClF3N3O/c1-7(12)10(17-6-16)18-8-2-4-9(5-3-8)19-11(13,14)15/h2-7H,1H3,(H2,16,17,18). The maximum atomic E-state index is 12.0. The van der Waals surface area contributed by atoms with E-state index in [2.05, 4.69) is 15.0 Å². The first-order valence-corrected chi connectivity index (χ1v) is 5.59. The van der Waals surface area contributed by atoms with Crippen LogP contribution in [0.3, 0.4) is 0 Å². The van der Waals surface area contributed by atoms with E-state index in [4.69, 9.17) is 17.0 Å². The van der Waals surface area contributed by atoms with E-state index in [0.29, 0.717) is 11.5 Å². The van der Waals surface area contributed by atoms with Crippen molar-refractivity contribution in [3.05, 3.63) is 24.3 Å². The normalized spacial score (nSPS) is 13.8. The van der Waals surface area contributed by atoms with Crippen LogP contribution in [0.1, 0.15) is 6.92 Å². The smallest absolute Gasteiger partial charge is 0.406 e. The van der Waals surface area contributed by atoms with E-state index in [1.807, 2.05) is 0 Å². The first-order valence-electron chi connectivity index (χ1n) is 5.15. The highest BCUT2D eigenvalue weighted by atomic mass is 35.5. The summed E-state index contributed by atoms with van der Waals surface area (Å²) in [4.78, 5) is 3.70. The van der Waals surface area contributed by atoms with Crippen LogP contribution in [0, 0.1) is 5.41 Å². The number of nitrogens with one attached hydrogen (secondary N) is 2. The average molecular weight is 294 g/mol. The van der Waals surface area contributed by atoms with Crippen LogP contribution in [0.5, 0.6) is 5.75 Å². The fourth-order valence-electron chi connectivity index (χ4n) is 1.19. The lowest BCUT2D eigenvalue weighted by Gasteiger charge is -2.12. The van der Waals surface area contributed by atoms with Gasteiger partial charge in [0.1, 0.15) is 17.9 Å². The van der Waals surface area contributed by atoms with Crippen molar-refractivity contribution in [3.63, 3.8) is 0 Å². The number of hydrogen-bond donors (Lipinski definition) is 2. The predicted molar refractivity (Wildman–Crippen MR) is 68.3 cm³/mol. The van der Waals surface area contributed by atoms with E-state index in [-0.39, 0.29) is 5.75 Å². The Kier molecular flexibility index (Phi) is 5.17. The number of nitrogens with zero attached hydrogens (tertiary/aromatic N) is 1. The van der Waals surface area contributed by atoms with Crippen LogP contribution in [-0.2, 0) is 0 Å². The molecule has 1 aromatic carbocycles. The van der Waals surface area contributed by atoms with Gasteiger partial charge in [0.05, 0.1) is 5.38 Å². The lowest BCUT2D eigenvalue weighted by atomic mass is 10.3. The van der Waals surface area contributed by atoms with Crippen LogP contribution in [0.15, 0.2) is 29.3 Å². The molecule has 104 valence electrons. The molecule has 0 aliphatic rings. The lowest BCUT2D eigenvalue weighted by Crippen LogP contribution is -2.21. The van der Waals surface area contributed by atoms with Crippen LogP contribution in [0.25, 0.3) is 0 Å². The molecule has 0 fully saturated rings. The van der Waals surface area contributed by atoms with Gasteiger partial charge in [0.15, 0.2) is 0 Å². The van der Waals surface area contributed by atoms with E-state index >= 15 is 0 Å². The second-order valence-corrected chi connectivity index (χ2v) is 4.11. The quantitative estimate of drug-likeness (QED) is 0.506. The zero-order valence-electron chi connectivity index (χ0n) is 9.83. The highest BCUT2D eigenvalue weighted by molar-refractivity contribution is 6.33. The van der Waals surface area contributed by atoms with Crippen molar-refractivity contribution in [2.24, 2.45) is 4.99 Å². The van der Waals surface area contributed by atoms with Crippen molar-refractivity contribution in [1.29, 1.82) is 5.41 Å². The third-order valence-electron chi connectivity index (χ3n) is 1.94. The fourth-order valence-corrected chi connectivity index (χ4v) is 1.30. The van der Waals surface area contributed by atoms with Crippen LogP contribution in [0.2, 0.25) is 0 Å². The molecule has 2 N–H and O–H groups in total. The summed E-state index contributed by atoms with van der Waals surface area (Å²) in [6.07, 6.45) is -3.89. The Morgan fingerprint density at radius 3 is 2.42 bits per heavy atom. The minimum atomic E-state index is -4.72. The van der Waals surface area contributed by atoms with Gasteiger partial charge in [-0.15, -0.1) is 24.8 Å². The third kappa shape index (κ3) is 5.60. The number of alkyl halides is 4. The van der Waals surface area contributed by atoms with Crippen LogP contribution in [0.4, 0.5) is 18.9 Å². The fraction of sp³-hybridized carbons (Fsp3) is 0.273. The summed E-state index contributed by atoms with van der Waals surface area (Å²) in [7, 11) is 0. The molecule has 0 aliphatic heterocycles. The molecule has 1 rings (SSSR count). The summed E-state index contributed by atoms with van der Waals surface area (Å²) in [5.74, 6) is 0.00340. The molecule has 0 aliphatic carbocycles. The molecule has 0 amide bonds. The Morgan fingerprint density at radius 2 is 2.00 bits per heavy atom. The highest BCUT2D eigenvalue weighted by Gasteiger charge is 2.30. The van der Waals surface area contributed by atoms with Crippen molar-refractivity contribution >= 4 is 29.5 Å². The monoisotopic (exact) mass is 293 g/mol. The summed E-state index contributed by atoms with van der Waals surface area (Å²) in [5.41, 5.74) is 0.489. The average Bonchev–Trinajstić information content (AvgIpc) is 2.29. The summed E-state index contributed by atoms with van der Waals surface area (Å²) < 4.78 is 39.6. The van der Waals surface area contributed by atoms with E-state index in [1.54, 1.807) is 6.92 Å². The van der Waals surface area contributed by atoms with Crippen molar-refractivity contribution in [3.8, 4) is 5.75 Å². The number of anilines is 1. The predicted octanol–water partition coefficient (Wildman–Crippen LogP) is 3.63. The maximum absolute atomic E-state index is 12.0. The summed E-state index contributed by atoms with van der Waals surface area (Å²) in [6, 6.07) is 5.10. The second kappa shape index (κ2) is 6.42. The van der Waals surface area contributed by atoms with Gasteiger partial charge in [-0.2, -0.15) is 0 Å². The summed E-state index contributed by atoms with van der Waals surface area (Å²) in [5, 5.41) is 9.20. The largest absolute Gasteiger partial charge is 0.573 e. The first kappa shape index (κ1) is 15.3. The molecule has 19 heavy (non-hydrogen) atoms. The minimum absolute atomic E-state index is 0.317. The van der Waals surface area contributed by atoms with Crippen LogP contribution >= 0.6 is 11.6 Å².